The number of halogens is 1. The summed E-state index contributed by atoms with van der Waals surface area (Å²) in [5.41, 5.74) is -0.185. The van der Waals surface area contributed by atoms with Crippen molar-refractivity contribution in [1.82, 2.24) is 0 Å². The third kappa shape index (κ3) is 5.60. The van der Waals surface area contributed by atoms with Crippen LogP contribution in [0.3, 0.4) is 0 Å². The molecule has 1 unspecified atom stereocenters. The molecule has 0 radical (unpaired) electrons. The summed E-state index contributed by atoms with van der Waals surface area (Å²) in [5, 5.41) is 13.2. The lowest BCUT2D eigenvalue weighted by atomic mass is 9.88. The second-order valence-corrected chi connectivity index (χ2v) is 7.21. The maximum atomic E-state index is 12.8. The SMILES string of the molecule is CC(=O)CC(CCCCCCCCCl)c1c([O-])c2ccccc2oc1=O. The lowest BCUT2D eigenvalue weighted by molar-refractivity contribution is -0.267. The Labute approximate surface area is 159 Å². The molecule has 1 atom stereocenters. The molecule has 1 aromatic heterocycles. The van der Waals surface area contributed by atoms with Gasteiger partial charge in [0.25, 0.3) is 0 Å². The smallest absolute Gasteiger partial charge is 0.339 e. The monoisotopic (exact) mass is 377 g/mol. The quantitative estimate of drug-likeness (QED) is 0.317. The first kappa shape index (κ1) is 20.5. The van der Waals surface area contributed by atoms with E-state index in [2.05, 4.69) is 0 Å². The molecule has 0 aliphatic carbocycles. The van der Waals surface area contributed by atoms with Crippen LogP contribution in [-0.4, -0.2) is 11.7 Å². The highest BCUT2D eigenvalue weighted by Gasteiger charge is 2.20. The number of unbranched alkanes of at least 4 members (excludes halogenated alkanes) is 5. The summed E-state index contributed by atoms with van der Waals surface area (Å²) in [5.74, 6) is 0.00280. The zero-order chi connectivity index (χ0) is 18.9. The number of fused-ring (bicyclic) bond motifs is 1. The summed E-state index contributed by atoms with van der Waals surface area (Å²) in [7, 11) is 0. The van der Waals surface area contributed by atoms with E-state index in [1.54, 1.807) is 24.3 Å². The van der Waals surface area contributed by atoms with Gasteiger partial charge in [0.2, 0.25) is 0 Å². The molecule has 0 spiro atoms. The van der Waals surface area contributed by atoms with E-state index in [0.717, 1.165) is 38.5 Å². The fraction of sp³-hybridized carbons (Fsp3) is 0.524. The Bertz CT molecular complexity index is 781. The molecule has 0 saturated heterocycles. The normalized spacial score (nSPS) is 12.4. The summed E-state index contributed by atoms with van der Waals surface area (Å²) in [4.78, 5) is 24.1. The van der Waals surface area contributed by atoms with E-state index in [1.807, 2.05) is 0 Å². The lowest BCUT2D eigenvalue weighted by Crippen LogP contribution is -2.18. The summed E-state index contributed by atoms with van der Waals surface area (Å²) in [6, 6.07) is 6.74. The molecule has 0 amide bonds. The molecule has 26 heavy (non-hydrogen) atoms. The van der Waals surface area contributed by atoms with Crippen molar-refractivity contribution >= 4 is 28.4 Å². The van der Waals surface area contributed by atoms with Gasteiger partial charge in [0.1, 0.15) is 11.4 Å². The Morgan fingerprint density at radius 3 is 2.46 bits per heavy atom. The third-order valence-electron chi connectivity index (χ3n) is 4.68. The number of hydrogen-bond acceptors (Lipinski definition) is 4. The molecule has 0 aliphatic rings. The molecule has 0 aliphatic heterocycles. The van der Waals surface area contributed by atoms with Gasteiger partial charge in [0.05, 0.1) is 0 Å². The van der Waals surface area contributed by atoms with Crippen LogP contribution < -0.4 is 10.7 Å². The molecule has 4 nitrogen and oxygen atoms in total. The second kappa shape index (κ2) is 10.4. The number of benzene rings is 1. The summed E-state index contributed by atoms with van der Waals surface area (Å²) in [6.45, 7) is 1.49. The first-order valence-electron chi connectivity index (χ1n) is 9.32. The minimum Gasteiger partial charge on any atom is -0.872 e. The lowest BCUT2D eigenvalue weighted by Gasteiger charge is -2.22. The number of Topliss-reactive ketones (excluding diaryl/α,β-unsaturated/α-hetero) is 1. The van der Waals surface area contributed by atoms with E-state index in [-0.39, 0.29) is 29.4 Å². The van der Waals surface area contributed by atoms with E-state index in [0.29, 0.717) is 23.3 Å². The van der Waals surface area contributed by atoms with Gasteiger partial charge in [-0.3, -0.25) is 0 Å². The van der Waals surface area contributed by atoms with Crippen LogP contribution in [0.5, 0.6) is 5.75 Å². The highest BCUT2D eigenvalue weighted by atomic mass is 35.5. The largest absolute Gasteiger partial charge is 0.872 e. The highest BCUT2D eigenvalue weighted by Crippen LogP contribution is 2.33. The molecule has 2 aromatic rings. The highest BCUT2D eigenvalue weighted by molar-refractivity contribution is 6.17. The molecule has 5 heteroatoms. The number of alkyl halides is 1. The standard InChI is InChI=1S/C21H27ClO4/c1-15(23)14-16(10-6-4-2-3-5-9-13-22)19-20(24)17-11-7-8-12-18(17)26-21(19)25/h7-8,11-12,16,24H,2-6,9-10,13-14H2,1H3/p-1. The number of hydrogen-bond donors (Lipinski definition) is 0. The molecule has 0 bridgehead atoms. The number of rotatable bonds is 11. The van der Waals surface area contributed by atoms with Crippen LogP contribution in [0.15, 0.2) is 33.5 Å². The Morgan fingerprint density at radius 1 is 1.12 bits per heavy atom. The van der Waals surface area contributed by atoms with Crippen LogP contribution in [0.25, 0.3) is 11.0 Å². The van der Waals surface area contributed by atoms with Gasteiger partial charge < -0.3 is 14.3 Å². The topological polar surface area (TPSA) is 70.3 Å². The van der Waals surface area contributed by atoms with Crippen molar-refractivity contribution in [2.24, 2.45) is 0 Å². The van der Waals surface area contributed by atoms with Gasteiger partial charge in [0.15, 0.2) is 0 Å². The zero-order valence-electron chi connectivity index (χ0n) is 15.3. The zero-order valence-corrected chi connectivity index (χ0v) is 16.0. The third-order valence-corrected chi connectivity index (χ3v) is 4.94. The van der Waals surface area contributed by atoms with E-state index in [4.69, 9.17) is 16.0 Å². The Morgan fingerprint density at radius 2 is 1.77 bits per heavy atom. The summed E-state index contributed by atoms with van der Waals surface area (Å²) >= 11 is 5.67. The molecule has 0 N–H and O–H groups in total. The Balaban J connectivity index is 2.12. The number of carbonyl (C=O) groups excluding carboxylic acids is 1. The average Bonchev–Trinajstić information content (AvgIpc) is 2.60. The molecule has 1 aromatic carbocycles. The maximum Gasteiger partial charge on any atom is 0.339 e. The molecule has 2 rings (SSSR count). The van der Waals surface area contributed by atoms with Crippen LogP contribution >= 0.6 is 11.6 Å². The van der Waals surface area contributed by atoms with Crippen molar-refractivity contribution in [2.75, 3.05) is 5.88 Å². The van der Waals surface area contributed by atoms with Crippen molar-refractivity contribution in [1.29, 1.82) is 0 Å². The van der Waals surface area contributed by atoms with Crippen molar-refractivity contribution in [3.8, 4) is 5.75 Å². The van der Waals surface area contributed by atoms with Crippen LogP contribution in [-0.2, 0) is 4.79 Å². The first-order chi connectivity index (χ1) is 12.5. The van der Waals surface area contributed by atoms with Crippen molar-refractivity contribution in [3.63, 3.8) is 0 Å². The Hall–Kier alpha value is -1.81. The maximum absolute atomic E-state index is 12.8. The molecule has 142 valence electrons. The van der Waals surface area contributed by atoms with Gasteiger partial charge in [-0.15, -0.1) is 11.6 Å². The molecule has 0 saturated carbocycles. The van der Waals surface area contributed by atoms with E-state index in [1.165, 1.54) is 6.92 Å². The van der Waals surface area contributed by atoms with Gasteiger partial charge >= 0.3 is 5.63 Å². The van der Waals surface area contributed by atoms with E-state index < -0.39 is 5.63 Å². The van der Waals surface area contributed by atoms with Crippen molar-refractivity contribution in [2.45, 2.75) is 64.2 Å². The predicted octanol–water partition coefficient (Wildman–Crippen LogP) is 4.90. The first-order valence-corrected chi connectivity index (χ1v) is 9.86. The second-order valence-electron chi connectivity index (χ2n) is 6.83. The summed E-state index contributed by atoms with van der Waals surface area (Å²) < 4.78 is 5.33. The van der Waals surface area contributed by atoms with Gasteiger partial charge in [0, 0.05) is 23.3 Å². The van der Waals surface area contributed by atoms with E-state index >= 15 is 0 Å². The number of ketones is 1. The van der Waals surface area contributed by atoms with Crippen LogP contribution in [0.4, 0.5) is 0 Å². The number of carbonyl (C=O) groups is 1. The minimum absolute atomic E-state index is 0.0240. The van der Waals surface area contributed by atoms with E-state index in [9.17, 15) is 14.7 Å². The average molecular weight is 378 g/mol. The fourth-order valence-electron chi connectivity index (χ4n) is 3.38. The Kier molecular flexibility index (Phi) is 8.17. The van der Waals surface area contributed by atoms with Crippen molar-refractivity contribution < 1.29 is 14.3 Å². The van der Waals surface area contributed by atoms with Gasteiger partial charge in [-0.1, -0.05) is 56.1 Å². The van der Waals surface area contributed by atoms with Crippen LogP contribution in [0.1, 0.15) is 69.8 Å². The molecule has 0 fully saturated rings. The van der Waals surface area contributed by atoms with Gasteiger partial charge in [-0.05, 0) is 31.7 Å². The molecule has 1 heterocycles. The molecular weight excluding hydrogens is 352 g/mol. The fourth-order valence-corrected chi connectivity index (χ4v) is 3.56. The van der Waals surface area contributed by atoms with Gasteiger partial charge in [-0.2, -0.15) is 0 Å². The number of para-hydroxylation sites is 1. The predicted molar refractivity (Wildman–Crippen MR) is 103 cm³/mol. The van der Waals surface area contributed by atoms with Gasteiger partial charge in [-0.25, -0.2) is 4.79 Å². The van der Waals surface area contributed by atoms with Crippen LogP contribution in [0, 0.1) is 0 Å². The van der Waals surface area contributed by atoms with Crippen molar-refractivity contribution in [3.05, 3.63) is 40.2 Å². The molecular formula is C21H26ClO4-. The minimum atomic E-state index is -0.609. The summed E-state index contributed by atoms with van der Waals surface area (Å²) in [6.07, 6.45) is 7.13. The van der Waals surface area contributed by atoms with Crippen LogP contribution in [0.2, 0.25) is 0 Å².